The normalized spacial score (nSPS) is 12.1. The molecule has 0 amide bonds. The zero-order valence-corrected chi connectivity index (χ0v) is 13.6. The van der Waals surface area contributed by atoms with Crippen molar-refractivity contribution in [3.05, 3.63) is 65.3 Å². The van der Waals surface area contributed by atoms with Crippen molar-refractivity contribution >= 4 is 51.1 Å². The van der Waals surface area contributed by atoms with E-state index in [9.17, 15) is 18.7 Å². The maximum atomic E-state index is 11.9. The highest BCUT2D eigenvalue weighted by Gasteiger charge is 2.22. The summed E-state index contributed by atoms with van der Waals surface area (Å²) in [5.74, 6) is -1.32. The van der Waals surface area contributed by atoms with Crippen molar-refractivity contribution in [1.29, 1.82) is 0 Å². The van der Waals surface area contributed by atoms with E-state index in [1.165, 1.54) is 24.4 Å². The van der Waals surface area contributed by atoms with Crippen LogP contribution >= 0.6 is 11.6 Å². The van der Waals surface area contributed by atoms with Gasteiger partial charge in [0.1, 0.15) is 5.56 Å². The Balaban J connectivity index is 2.32. The van der Waals surface area contributed by atoms with E-state index < -0.39 is 17.2 Å². The Kier molecular flexibility index (Phi) is 4.48. The van der Waals surface area contributed by atoms with Gasteiger partial charge in [-0.2, -0.15) is 0 Å². The zero-order valence-electron chi connectivity index (χ0n) is 12.0. The van der Waals surface area contributed by atoms with Crippen LogP contribution in [0.5, 0.6) is 0 Å². The second-order valence-corrected chi connectivity index (χ2v) is 6.01. The number of carboxylic acids is 1. The molecule has 0 aliphatic heterocycles. The molecule has 6 nitrogen and oxygen atoms in total. The third kappa shape index (κ3) is 2.84. The number of aromatic nitrogens is 1. The first-order chi connectivity index (χ1) is 11.5. The van der Waals surface area contributed by atoms with Gasteiger partial charge in [-0.3, -0.25) is 13.5 Å². The van der Waals surface area contributed by atoms with E-state index in [0.29, 0.717) is 5.52 Å². The van der Waals surface area contributed by atoms with E-state index in [1.54, 1.807) is 30.3 Å². The lowest BCUT2D eigenvalue weighted by Gasteiger charge is -2.28. The van der Waals surface area contributed by atoms with Crippen molar-refractivity contribution in [3.8, 4) is 0 Å². The number of para-hydroxylation sites is 1. The Bertz CT molecular complexity index is 958. The van der Waals surface area contributed by atoms with Gasteiger partial charge in [-0.25, -0.2) is 4.79 Å². The van der Waals surface area contributed by atoms with Gasteiger partial charge in [-0.15, -0.1) is 0 Å². The molecule has 0 bridgehead atoms. The van der Waals surface area contributed by atoms with Gasteiger partial charge in [0.2, 0.25) is 0 Å². The number of fused-ring (bicyclic) bond motifs is 1. The number of halogens is 1. The van der Waals surface area contributed by atoms with Crippen LogP contribution in [0.1, 0.15) is 10.4 Å². The minimum atomic E-state index is -2.78. The van der Waals surface area contributed by atoms with Crippen LogP contribution in [-0.2, 0) is 11.3 Å². The molecule has 0 fully saturated rings. The molecular formula is C16H10ClN2O4S-. The summed E-state index contributed by atoms with van der Waals surface area (Å²) in [5.41, 5.74) is 0.324. The molecule has 1 unspecified atom stereocenters. The summed E-state index contributed by atoms with van der Waals surface area (Å²) >= 11 is 3.18. The largest absolute Gasteiger partial charge is 0.755 e. The topological polar surface area (TPSA) is 93.6 Å². The molecule has 0 saturated carbocycles. The number of anilines is 2. The second kappa shape index (κ2) is 6.56. The molecule has 0 aliphatic rings. The number of nitrogens with zero attached hydrogens (tertiary/aromatic N) is 2. The van der Waals surface area contributed by atoms with Crippen LogP contribution in [0.15, 0.2) is 54.7 Å². The summed E-state index contributed by atoms with van der Waals surface area (Å²) in [6.07, 6.45) is 1.54. The molecule has 0 spiro atoms. The molecule has 8 heteroatoms. The van der Waals surface area contributed by atoms with Gasteiger partial charge in [0.25, 0.3) is 0 Å². The Morgan fingerprint density at radius 3 is 2.50 bits per heavy atom. The minimum absolute atomic E-state index is 0.0522. The van der Waals surface area contributed by atoms with Crippen LogP contribution in [0.2, 0.25) is 5.02 Å². The van der Waals surface area contributed by atoms with E-state index in [4.69, 9.17) is 11.6 Å². The van der Waals surface area contributed by atoms with Crippen molar-refractivity contribution in [3.63, 3.8) is 0 Å². The Labute approximate surface area is 144 Å². The lowest BCUT2D eigenvalue weighted by molar-refractivity contribution is 0.0698. The molecule has 3 aromatic rings. The van der Waals surface area contributed by atoms with Gasteiger partial charge < -0.3 is 9.66 Å². The summed E-state index contributed by atoms with van der Waals surface area (Å²) in [6.45, 7) is 0. The molecule has 2 aromatic carbocycles. The highest BCUT2D eigenvalue weighted by Crippen LogP contribution is 2.36. The first kappa shape index (κ1) is 16.4. The number of hydrogen-bond acceptors (Lipinski definition) is 4. The monoisotopic (exact) mass is 361 g/mol. The Hall–Kier alpha value is -2.48. The van der Waals surface area contributed by atoms with E-state index >= 15 is 0 Å². The first-order valence-electron chi connectivity index (χ1n) is 6.76. The molecule has 0 radical (unpaired) electrons. The van der Waals surface area contributed by atoms with Crippen molar-refractivity contribution in [2.45, 2.75) is 0 Å². The maximum Gasteiger partial charge on any atom is 0.339 e. The number of aromatic carboxylic acids is 1. The second-order valence-electron chi connectivity index (χ2n) is 4.80. The average Bonchev–Trinajstić information content (AvgIpc) is 2.54. The van der Waals surface area contributed by atoms with Crippen LogP contribution in [0, 0.1) is 0 Å². The molecule has 1 N–H and O–H groups in total. The molecule has 0 aliphatic carbocycles. The number of benzene rings is 2. The third-order valence-electron chi connectivity index (χ3n) is 3.40. The van der Waals surface area contributed by atoms with Crippen LogP contribution < -0.4 is 4.31 Å². The number of rotatable bonds is 4. The van der Waals surface area contributed by atoms with Crippen molar-refractivity contribution < 1.29 is 18.7 Å². The highest BCUT2D eigenvalue weighted by molar-refractivity contribution is 7.81. The van der Waals surface area contributed by atoms with Crippen molar-refractivity contribution in [2.24, 2.45) is 0 Å². The summed E-state index contributed by atoms with van der Waals surface area (Å²) in [5, 5.41) is 10.1. The van der Waals surface area contributed by atoms with E-state index in [1.807, 2.05) is 0 Å². The number of carbonyl (C=O) groups is 1. The standard InChI is InChI=1S/C16H11ClN2O4S/c17-11-6-2-7-12(14(11)16(20)21)19(24(22)23)13-8-1-4-10-5-3-9-18-15(10)13/h1-9H,(H,20,21)(H,22,23)/p-1. The first-order valence-corrected chi connectivity index (χ1v) is 8.16. The van der Waals surface area contributed by atoms with Crippen LogP contribution in [0.3, 0.4) is 0 Å². The lowest BCUT2D eigenvalue weighted by atomic mass is 10.1. The number of carboxylic acid groups (broad SMARTS) is 1. The third-order valence-corrected chi connectivity index (χ3v) is 4.41. The molecule has 1 heterocycles. The smallest absolute Gasteiger partial charge is 0.339 e. The molecule has 0 saturated heterocycles. The quantitative estimate of drug-likeness (QED) is 0.717. The molecule has 1 aromatic heterocycles. The van der Waals surface area contributed by atoms with Crippen LogP contribution in [-0.4, -0.2) is 24.8 Å². The highest BCUT2D eigenvalue weighted by atomic mass is 35.5. The molecule has 122 valence electrons. The Morgan fingerprint density at radius 2 is 1.79 bits per heavy atom. The average molecular weight is 362 g/mol. The van der Waals surface area contributed by atoms with Crippen molar-refractivity contribution in [2.75, 3.05) is 4.31 Å². The maximum absolute atomic E-state index is 11.9. The van der Waals surface area contributed by atoms with E-state index in [2.05, 4.69) is 4.98 Å². The number of pyridine rings is 1. The molecular weight excluding hydrogens is 352 g/mol. The van der Waals surface area contributed by atoms with Gasteiger partial charge in [-0.05, 0) is 24.3 Å². The molecule has 1 atom stereocenters. The van der Waals surface area contributed by atoms with Gasteiger partial charge >= 0.3 is 5.97 Å². The van der Waals surface area contributed by atoms with Gasteiger partial charge in [-0.1, -0.05) is 35.9 Å². The fourth-order valence-electron chi connectivity index (χ4n) is 2.44. The molecule has 3 rings (SSSR count). The van der Waals surface area contributed by atoms with Crippen LogP contribution in [0.4, 0.5) is 11.4 Å². The SMILES string of the molecule is O=C(O)c1c(Cl)cccc1N(c1cccc2cccnc12)S(=O)[O-]. The Morgan fingerprint density at radius 1 is 1.12 bits per heavy atom. The fourth-order valence-corrected chi connectivity index (χ4v) is 3.31. The molecule has 24 heavy (non-hydrogen) atoms. The number of hydrogen-bond donors (Lipinski definition) is 1. The van der Waals surface area contributed by atoms with E-state index in [-0.39, 0.29) is 22.0 Å². The summed E-state index contributed by atoms with van der Waals surface area (Å²) in [7, 11) is 0. The van der Waals surface area contributed by atoms with Gasteiger partial charge in [0.05, 0.1) is 33.2 Å². The minimum Gasteiger partial charge on any atom is -0.755 e. The van der Waals surface area contributed by atoms with E-state index in [0.717, 1.165) is 9.69 Å². The summed E-state index contributed by atoms with van der Waals surface area (Å²) < 4.78 is 24.7. The van der Waals surface area contributed by atoms with Gasteiger partial charge in [0, 0.05) is 11.6 Å². The van der Waals surface area contributed by atoms with Gasteiger partial charge in [0.15, 0.2) is 0 Å². The predicted octanol–water partition coefficient (Wildman–Crippen LogP) is 3.52. The zero-order chi connectivity index (χ0) is 17.3. The van der Waals surface area contributed by atoms with Crippen molar-refractivity contribution in [1.82, 2.24) is 4.98 Å². The lowest BCUT2D eigenvalue weighted by Crippen LogP contribution is -2.22. The summed E-state index contributed by atoms with van der Waals surface area (Å²) in [6, 6.07) is 12.8. The predicted molar refractivity (Wildman–Crippen MR) is 91.2 cm³/mol. The fraction of sp³-hybridized carbons (Fsp3) is 0. The summed E-state index contributed by atoms with van der Waals surface area (Å²) in [4.78, 5) is 15.7. The van der Waals surface area contributed by atoms with Crippen LogP contribution in [0.25, 0.3) is 10.9 Å².